The molecular formula is C28H18Cl2N2O2. The number of benzene rings is 3. The van der Waals surface area contributed by atoms with Crippen LogP contribution in [0.1, 0.15) is 16.1 Å². The fourth-order valence-corrected chi connectivity index (χ4v) is 3.99. The summed E-state index contributed by atoms with van der Waals surface area (Å²) in [6, 6.07) is 28.3. The van der Waals surface area contributed by atoms with Gasteiger partial charge in [0, 0.05) is 22.9 Å². The van der Waals surface area contributed by atoms with Crippen LogP contribution in [-0.4, -0.2) is 15.6 Å². The van der Waals surface area contributed by atoms with Gasteiger partial charge >= 0.3 is 0 Å². The van der Waals surface area contributed by atoms with Crippen molar-refractivity contribution >= 4 is 35.1 Å². The summed E-state index contributed by atoms with van der Waals surface area (Å²) in [7, 11) is 0. The first kappa shape index (κ1) is 22.0. The number of aromatic nitrogens is 2. The van der Waals surface area contributed by atoms with Crippen LogP contribution in [0.25, 0.3) is 34.3 Å². The Kier molecular flexibility index (Phi) is 6.17. The third-order valence-corrected chi connectivity index (χ3v) is 6.11. The normalized spacial score (nSPS) is 11.2. The van der Waals surface area contributed by atoms with E-state index in [4.69, 9.17) is 32.7 Å². The Morgan fingerprint density at radius 1 is 0.853 bits per heavy atom. The zero-order valence-electron chi connectivity index (χ0n) is 17.9. The second-order valence-electron chi connectivity index (χ2n) is 7.54. The molecule has 0 saturated heterocycles. The number of rotatable bonds is 6. The van der Waals surface area contributed by atoms with Crippen LogP contribution in [0.5, 0.6) is 0 Å². The number of para-hydroxylation sites is 1. The highest BCUT2D eigenvalue weighted by atomic mass is 35.5. The van der Waals surface area contributed by atoms with E-state index in [1.165, 1.54) is 6.08 Å². The van der Waals surface area contributed by atoms with Crippen molar-refractivity contribution in [1.29, 1.82) is 0 Å². The second-order valence-corrected chi connectivity index (χ2v) is 8.33. The minimum atomic E-state index is -0.268. The number of ketones is 1. The second kappa shape index (κ2) is 9.56. The molecule has 0 aliphatic heterocycles. The molecule has 0 atom stereocenters. The number of allylic oxidation sites excluding steroid dienone is 1. The van der Waals surface area contributed by atoms with Gasteiger partial charge in [-0.15, -0.1) is 0 Å². The highest BCUT2D eigenvalue weighted by Gasteiger charge is 2.15. The molecular weight excluding hydrogens is 467 g/mol. The Morgan fingerprint density at radius 2 is 1.59 bits per heavy atom. The van der Waals surface area contributed by atoms with E-state index in [0.717, 1.165) is 22.5 Å². The standard InChI is InChI=1S/C28H18Cl2N2O2/c29-23-13-7-12-22(27(23)30)25-16-17-26(34-25)24(33)15-14-20-18-32(21-10-5-2-6-11-21)31-28(20)19-8-3-1-4-9-19/h1-18H/b15-14+. The number of nitrogens with zero attached hydrogens (tertiary/aromatic N) is 2. The van der Waals surface area contributed by atoms with Crippen LogP contribution in [0.2, 0.25) is 10.0 Å². The van der Waals surface area contributed by atoms with Crippen LogP contribution in [0.15, 0.2) is 108 Å². The van der Waals surface area contributed by atoms with E-state index in [1.807, 2.05) is 66.9 Å². The lowest BCUT2D eigenvalue weighted by Gasteiger charge is -2.02. The van der Waals surface area contributed by atoms with Gasteiger partial charge in [-0.2, -0.15) is 5.10 Å². The molecule has 0 bridgehead atoms. The maximum atomic E-state index is 12.9. The molecule has 0 radical (unpaired) electrons. The molecule has 0 amide bonds. The van der Waals surface area contributed by atoms with Crippen molar-refractivity contribution in [2.45, 2.75) is 0 Å². The first-order valence-electron chi connectivity index (χ1n) is 10.6. The van der Waals surface area contributed by atoms with E-state index < -0.39 is 0 Å². The summed E-state index contributed by atoms with van der Waals surface area (Å²) in [5.41, 5.74) is 4.11. The van der Waals surface area contributed by atoms with Crippen LogP contribution >= 0.6 is 23.2 Å². The number of furan rings is 1. The Labute approximate surface area is 206 Å². The number of hydrogen-bond acceptors (Lipinski definition) is 3. The van der Waals surface area contributed by atoms with Crippen LogP contribution < -0.4 is 0 Å². The Balaban J connectivity index is 1.46. The van der Waals surface area contributed by atoms with E-state index in [9.17, 15) is 4.79 Å². The number of carbonyl (C=O) groups is 1. The zero-order chi connectivity index (χ0) is 23.5. The number of carbonyl (C=O) groups excluding carboxylic acids is 1. The van der Waals surface area contributed by atoms with Gasteiger partial charge in [0.25, 0.3) is 0 Å². The first-order chi connectivity index (χ1) is 16.6. The van der Waals surface area contributed by atoms with Gasteiger partial charge in [0.05, 0.1) is 21.4 Å². The molecule has 0 saturated carbocycles. The monoisotopic (exact) mass is 484 g/mol. The molecule has 0 aliphatic carbocycles. The topological polar surface area (TPSA) is 48.0 Å². The summed E-state index contributed by atoms with van der Waals surface area (Å²) in [4.78, 5) is 12.9. The Morgan fingerprint density at radius 3 is 2.35 bits per heavy atom. The van der Waals surface area contributed by atoms with Gasteiger partial charge < -0.3 is 4.42 Å². The number of halogens is 2. The average molecular weight is 485 g/mol. The van der Waals surface area contributed by atoms with Gasteiger partial charge in [-0.3, -0.25) is 4.79 Å². The third-order valence-electron chi connectivity index (χ3n) is 5.29. The predicted molar refractivity (Wildman–Crippen MR) is 137 cm³/mol. The molecule has 6 heteroatoms. The largest absolute Gasteiger partial charge is 0.453 e. The molecule has 166 valence electrons. The molecule has 34 heavy (non-hydrogen) atoms. The Bertz CT molecular complexity index is 1490. The minimum absolute atomic E-state index is 0.207. The van der Waals surface area contributed by atoms with Crippen molar-refractivity contribution in [1.82, 2.24) is 9.78 Å². The summed E-state index contributed by atoms with van der Waals surface area (Å²) in [5.74, 6) is 0.418. The van der Waals surface area contributed by atoms with Gasteiger partial charge in [0.15, 0.2) is 5.76 Å². The molecule has 5 aromatic rings. The maximum absolute atomic E-state index is 12.9. The summed E-state index contributed by atoms with van der Waals surface area (Å²) >= 11 is 12.4. The molecule has 0 unspecified atom stereocenters. The summed E-state index contributed by atoms with van der Waals surface area (Å²) in [6.45, 7) is 0. The summed E-state index contributed by atoms with van der Waals surface area (Å²) in [5, 5.41) is 5.57. The van der Waals surface area contributed by atoms with Gasteiger partial charge in [-0.05, 0) is 48.6 Å². The van der Waals surface area contributed by atoms with Gasteiger partial charge in [0.1, 0.15) is 5.76 Å². The molecule has 0 N–H and O–H groups in total. The maximum Gasteiger partial charge on any atom is 0.221 e. The van der Waals surface area contributed by atoms with E-state index >= 15 is 0 Å². The van der Waals surface area contributed by atoms with E-state index in [-0.39, 0.29) is 11.5 Å². The molecule has 4 nitrogen and oxygen atoms in total. The average Bonchev–Trinajstić information content (AvgIpc) is 3.53. The van der Waals surface area contributed by atoms with Gasteiger partial charge in [-0.25, -0.2) is 4.68 Å². The van der Waals surface area contributed by atoms with E-state index in [1.54, 1.807) is 41.1 Å². The molecule has 2 aromatic heterocycles. The predicted octanol–water partition coefficient (Wildman–Crippen LogP) is 8.00. The fraction of sp³-hybridized carbons (Fsp3) is 0. The highest BCUT2D eigenvalue weighted by molar-refractivity contribution is 6.43. The summed E-state index contributed by atoms with van der Waals surface area (Å²) in [6.07, 6.45) is 5.15. The van der Waals surface area contributed by atoms with Crippen LogP contribution in [0, 0.1) is 0 Å². The lowest BCUT2D eigenvalue weighted by atomic mass is 10.1. The third kappa shape index (κ3) is 4.46. The molecule has 5 rings (SSSR count). The van der Waals surface area contributed by atoms with Crippen molar-refractivity contribution in [2.24, 2.45) is 0 Å². The van der Waals surface area contributed by atoms with Gasteiger partial charge in [-0.1, -0.05) is 77.8 Å². The van der Waals surface area contributed by atoms with Crippen molar-refractivity contribution in [3.8, 4) is 28.3 Å². The Hall–Kier alpha value is -3.86. The first-order valence-corrected chi connectivity index (χ1v) is 11.3. The van der Waals surface area contributed by atoms with Crippen LogP contribution in [0.3, 0.4) is 0 Å². The smallest absolute Gasteiger partial charge is 0.221 e. The van der Waals surface area contributed by atoms with Crippen molar-refractivity contribution in [3.05, 3.63) is 125 Å². The molecule has 0 fully saturated rings. The van der Waals surface area contributed by atoms with Crippen LogP contribution in [0.4, 0.5) is 0 Å². The highest BCUT2D eigenvalue weighted by Crippen LogP contribution is 2.34. The lowest BCUT2D eigenvalue weighted by molar-refractivity contribution is 0.102. The molecule has 0 aliphatic rings. The van der Waals surface area contributed by atoms with Crippen molar-refractivity contribution < 1.29 is 9.21 Å². The SMILES string of the molecule is O=C(/C=C/c1cn(-c2ccccc2)nc1-c1ccccc1)c1ccc(-c2cccc(Cl)c2Cl)o1. The molecule has 2 heterocycles. The van der Waals surface area contributed by atoms with Gasteiger partial charge in [0.2, 0.25) is 5.78 Å². The minimum Gasteiger partial charge on any atom is -0.453 e. The van der Waals surface area contributed by atoms with E-state index in [2.05, 4.69) is 0 Å². The zero-order valence-corrected chi connectivity index (χ0v) is 19.4. The van der Waals surface area contributed by atoms with Crippen LogP contribution in [-0.2, 0) is 0 Å². The summed E-state index contributed by atoms with van der Waals surface area (Å²) < 4.78 is 7.58. The fourth-order valence-electron chi connectivity index (χ4n) is 3.60. The molecule has 3 aromatic carbocycles. The lowest BCUT2D eigenvalue weighted by Crippen LogP contribution is -1.93. The number of hydrogen-bond donors (Lipinski definition) is 0. The molecule has 0 spiro atoms. The van der Waals surface area contributed by atoms with E-state index in [0.29, 0.717) is 21.4 Å². The van der Waals surface area contributed by atoms with Crippen molar-refractivity contribution in [3.63, 3.8) is 0 Å². The van der Waals surface area contributed by atoms with Crippen molar-refractivity contribution in [2.75, 3.05) is 0 Å². The quantitative estimate of drug-likeness (QED) is 0.181.